The lowest BCUT2D eigenvalue weighted by atomic mass is 9.71. The van der Waals surface area contributed by atoms with Gasteiger partial charge in [-0.2, -0.15) is 0 Å². The Hall–Kier alpha value is 0. The summed E-state index contributed by atoms with van der Waals surface area (Å²) in [6, 6.07) is 0. The van der Waals surface area contributed by atoms with E-state index in [1.54, 1.807) is 0 Å². The third-order valence-electron chi connectivity index (χ3n) is 3.98. The molecule has 0 aromatic heterocycles. The third kappa shape index (κ3) is 13.9. The molecule has 0 amide bonds. The van der Waals surface area contributed by atoms with E-state index in [0.717, 1.165) is 5.92 Å². The van der Waals surface area contributed by atoms with Crippen LogP contribution < -0.4 is 0 Å². The van der Waals surface area contributed by atoms with E-state index < -0.39 is 0 Å². The second-order valence-electron chi connectivity index (χ2n) is 8.02. The Labute approximate surface area is 114 Å². The fourth-order valence-corrected chi connectivity index (χ4v) is 0. The van der Waals surface area contributed by atoms with Gasteiger partial charge < -0.3 is 0 Å². The molecule has 0 heteroatoms. The zero-order chi connectivity index (χ0) is 13.1. The van der Waals surface area contributed by atoms with Gasteiger partial charge in [0.15, 0.2) is 0 Å². The predicted octanol–water partition coefficient (Wildman–Crippen LogP) is 7.04. The van der Waals surface area contributed by atoms with Gasteiger partial charge in [0, 0.05) is 0 Å². The van der Waals surface area contributed by atoms with Crippen LogP contribution in [0.25, 0.3) is 0 Å². The molecule has 0 aliphatic rings. The first-order valence-electron chi connectivity index (χ1n) is 6.19. The number of hydrogen-bond acceptors (Lipinski definition) is 0. The van der Waals surface area contributed by atoms with Crippen LogP contribution in [0, 0.1) is 22.2 Å². The molecule has 0 saturated carbocycles. The van der Waals surface area contributed by atoms with Crippen LogP contribution in [0.5, 0.6) is 0 Å². The lowest BCUT2D eigenvalue weighted by molar-refractivity contribution is 0.157. The van der Waals surface area contributed by atoms with Crippen LogP contribution in [0.4, 0.5) is 0 Å². The maximum atomic E-state index is 2.27. The van der Waals surface area contributed by atoms with Crippen LogP contribution in [-0.2, 0) is 0 Å². The van der Waals surface area contributed by atoms with Crippen molar-refractivity contribution < 1.29 is 0 Å². The summed E-state index contributed by atoms with van der Waals surface area (Å²) in [5.41, 5.74) is 1.38. The van der Waals surface area contributed by atoms with Crippen LogP contribution in [0.3, 0.4) is 0 Å². The molecule has 0 unspecified atom stereocenters. The van der Waals surface area contributed by atoms with E-state index in [0.29, 0.717) is 16.2 Å². The molecule has 17 heavy (non-hydrogen) atoms. The quantitative estimate of drug-likeness (QED) is 0.430. The van der Waals surface area contributed by atoms with Crippen LogP contribution in [-0.4, -0.2) is 0 Å². The van der Waals surface area contributed by atoms with E-state index in [1.807, 2.05) is 0 Å². The maximum absolute atomic E-state index is 2.27. The molecule has 0 saturated heterocycles. The molecule has 0 aromatic rings. The normalized spacial score (nSPS) is 12.0. The second kappa shape index (κ2) is 8.16. The smallest absolute Gasteiger partial charge is 0.0334 e. The first-order valence-corrected chi connectivity index (χ1v) is 6.19. The first-order chi connectivity index (χ1) is 6.19. The van der Waals surface area contributed by atoms with Gasteiger partial charge in [-0.05, 0) is 22.2 Å². The Morgan fingerprint density at radius 3 is 0.647 bits per heavy atom. The molecule has 0 aliphatic carbocycles. The summed E-state index contributed by atoms with van der Waals surface area (Å²) >= 11 is 0. The molecule has 0 rings (SSSR count). The molecular formula is C17H42. The molecule has 0 aromatic carbocycles. The summed E-state index contributed by atoms with van der Waals surface area (Å²) in [7, 11) is 0. The van der Waals surface area contributed by atoms with Gasteiger partial charge in [-0.3, -0.25) is 0 Å². The van der Waals surface area contributed by atoms with Crippen molar-refractivity contribution in [3.8, 4) is 0 Å². The van der Waals surface area contributed by atoms with Gasteiger partial charge in [-0.1, -0.05) is 91.0 Å². The van der Waals surface area contributed by atoms with Gasteiger partial charge >= 0.3 is 0 Å². The van der Waals surface area contributed by atoms with Crippen molar-refractivity contribution in [2.24, 2.45) is 22.2 Å². The van der Waals surface area contributed by atoms with Crippen molar-refractivity contribution in [2.75, 3.05) is 0 Å². The molecule has 0 heterocycles. The molecule has 0 nitrogen and oxygen atoms in total. The van der Waals surface area contributed by atoms with E-state index in [1.165, 1.54) is 0 Å². The molecule has 0 radical (unpaired) electrons. The fourth-order valence-electron chi connectivity index (χ4n) is 0. The van der Waals surface area contributed by atoms with Gasteiger partial charge in [-0.15, -0.1) is 0 Å². The average molecular weight is 247 g/mol. The summed E-state index contributed by atoms with van der Waals surface area (Å²) < 4.78 is 0. The molecule has 110 valence electrons. The Morgan fingerprint density at radius 2 is 0.647 bits per heavy atom. The summed E-state index contributed by atoms with van der Waals surface area (Å²) in [5, 5.41) is 0. The van der Waals surface area contributed by atoms with Crippen molar-refractivity contribution in [1.29, 1.82) is 0 Å². The van der Waals surface area contributed by atoms with Gasteiger partial charge in [0.25, 0.3) is 0 Å². The lowest BCUT2D eigenvalue weighted by Crippen LogP contribution is -2.25. The summed E-state index contributed by atoms with van der Waals surface area (Å²) in [5.74, 6) is 0.799. The minimum atomic E-state index is 0. The molecule has 0 spiro atoms. The molecule has 0 aliphatic heterocycles. The van der Waals surface area contributed by atoms with Crippen molar-refractivity contribution in [3.63, 3.8) is 0 Å². The standard InChI is InChI=1S/C8H18.C7H16.2CH4/c1-7(2,3)8(4,5)6;1-6(2)7(3,4)5;;/h1-6H3;6H,1-5H3;2*1H4. The van der Waals surface area contributed by atoms with E-state index in [4.69, 9.17) is 0 Å². The Kier molecular flexibility index (Phi) is 12.4. The van der Waals surface area contributed by atoms with Crippen molar-refractivity contribution in [2.45, 2.75) is 91.0 Å². The van der Waals surface area contributed by atoms with Crippen LogP contribution in [0.1, 0.15) is 91.0 Å². The number of hydrogen-bond donors (Lipinski definition) is 0. The molecule has 0 bridgehead atoms. The van der Waals surface area contributed by atoms with Crippen molar-refractivity contribution in [3.05, 3.63) is 0 Å². The zero-order valence-corrected chi connectivity index (χ0v) is 13.1. The molecular weight excluding hydrogens is 204 g/mol. The molecule has 0 atom stereocenters. The maximum Gasteiger partial charge on any atom is -0.0334 e. The highest BCUT2D eigenvalue weighted by molar-refractivity contribution is 4.77. The van der Waals surface area contributed by atoms with E-state index in [9.17, 15) is 0 Å². The topological polar surface area (TPSA) is 0 Å². The van der Waals surface area contributed by atoms with Gasteiger partial charge in [0.1, 0.15) is 0 Å². The van der Waals surface area contributed by atoms with Gasteiger partial charge in [0.2, 0.25) is 0 Å². The lowest BCUT2D eigenvalue weighted by Gasteiger charge is -2.34. The van der Waals surface area contributed by atoms with Gasteiger partial charge in [0.05, 0.1) is 0 Å². The summed E-state index contributed by atoms with van der Waals surface area (Å²) in [6.07, 6.45) is 0. The minimum Gasteiger partial charge on any atom is -0.0776 e. The molecule has 0 N–H and O–H groups in total. The average Bonchev–Trinajstić information content (AvgIpc) is 1.80. The SMILES string of the molecule is C.C.CC(C)(C)C(C)(C)C.CC(C)C(C)(C)C. The van der Waals surface area contributed by atoms with E-state index >= 15 is 0 Å². The van der Waals surface area contributed by atoms with Crippen LogP contribution in [0.15, 0.2) is 0 Å². The highest BCUT2D eigenvalue weighted by Gasteiger charge is 2.26. The summed E-state index contributed by atoms with van der Waals surface area (Å²) in [6.45, 7) is 24.9. The largest absolute Gasteiger partial charge is 0.0776 e. The Bertz CT molecular complexity index is 142. The predicted molar refractivity (Wildman–Crippen MR) is 86.7 cm³/mol. The van der Waals surface area contributed by atoms with E-state index in [2.05, 4.69) is 76.2 Å². The second-order valence-corrected chi connectivity index (χ2v) is 8.02. The van der Waals surface area contributed by atoms with Crippen molar-refractivity contribution >= 4 is 0 Å². The minimum absolute atomic E-state index is 0. The highest BCUT2D eigenvalue weighted by Crippen LogP contribution is 2.36. The van der Waals surface area contributed by atoms with E-state index in [-0.39, 0.29) is 14.9 Å². The fraction of sp³-hybridized carbons (Fsp3) is 1.00. The Balaban J connectivity index is -0.0000000896. The van der Waals surface area contributed by atoms with Crippen molar-refractivity contribution in [1.82, 2.24) is 0 Å². The zero-order valence-electron chi connectivity index (χ0n) is 13.1. The third-order valence-corrected chi connectivity index (χ3v) is 3.98. The first kappa shape index (κ1) is 25.8. The van der Waals surface area contributed by atoms with Crippen LogP contribution in [0.2, 0.25) is 0 Å². The Morgan fingerprint density at radius 1 is 0.529 bits per heavy atom. The van der Waals surface area contributed by atoms with Crippen LogP contribution >= 0.6 is 0 Å². The molecule has 0 fully saturated rings. The summed E-state index contributed by atoms with van der Waals surface area (Å²) in [4.78, 5) is 0. The highest BCUT2D eigenvalue weighted by atomic mass is 14.3. The van der Waals surface area contributed by atoms with Gasteiger partial charge in [-0.25, -0.2) is 0 Å². The number of rotatable bonds is 0. The monoisotopic (exact) mass is 246 g/mol.